The molecule has 0 aliphatic heterocycles. The number of thiazole rings is 1. The van der Waals surface area contributed by atoms with Crippen molar-refractivity contribution in [2.24, 2.45) is 5.92 Å². The molecule has 1 heterocycles. The molecule has 1 unspecified atom stereocenters. The number of aliphatic hydroxyl groups excluding tert-OH is 1. The summed E-state index contributed by atoms with van der Waals surface area (Å²) in [5, 5.41) is 13.3. The third-order valence-electron chi connectivity index (χ3n) is 4.43. The van der Waals surface area contributed by atoms with E-state index < -0.39 is 0 Å². The van der Waals surface area contributed by atoms with Crippen LogP contribution in [0.5, 0.6) is 0 Å². The van der Waals surface area contributed by atoms with Crippen LogP contribution in [0.25, 0.3) is 11.3 Å². The van der Waals surface area contributed by atoms with Gasteiger partial charge in [0.15, 0.2) is 0 Å². The van der Waals surface area contributed by atoms with E-state index in [1.54, 1.807) is 11.3 Å². The number of rotatable bonds is 7. The monoisotopic (exact) mass is 344 g/mol. The van der Waals surface area contributed by atoms with E-state index in [4.69, 9.17) is 0 Å². The highest BCUT2D eigenvalue weighted by Crippen LogP contribution is 2.34. The molecular formula is C19H24N2O2S. The van der Waals surface area contributed by atoms with Gasteiger partial charge in [-0.25, -0.2) is 4.98 Å². The minimum Gasteiger partial charge on any atom is -0.396 e. The fraction of sp³-hybridized carbons (Fsp3) is 0.474. The zero-order valence-electron chi connectivity index (χ0n) is 14.2. The molecule has 1 fully saturated rings. The Balaban J connectivity index is 1.72. The zero-order valence-corrected chi connectivity index (χ0v) is 15.0. The van der Waals surface area contributed by atoms with E-state index in [-0.39, 0.29) is 18.6 Å². The van der Waals surface area contributed by atoms with Crippen LogP contribution in [0, 0.1) is 19.8 Å². The maximum absolute atomic E-state index is 12.5. The smallest absolute Gasteiger partial charge is 0.225 e. The summed E-state index contributed by atoms with van der Waals surface area (Å²) in [5.74, 6) is 0.568. The molecule has 0 bridgehead atoms. The fourth-order valence-corrected chi connectivity index (χ4v) is 3.95. The quantitative estimate of drug-likeness (QED) is 0.810. The number of carbonyl (C=O) groups is 1. The lowest BCUT2D eigenvalue weighted by Gasteiger charge is -2.17. The van der Waals surface area contributed by atoms with Gasteiger partial charge in [-0.2, -0.15) is 0 Å². The molecule has 2 aromatic rings. The van der Waals surface area contributed by atoms with Gasteiger partial charge < -0.3 is 10.4 Å². The van der Waals surface area contributed by atoms with Crippen molar-refractivity contribution in [3.63, 3.8) is 0 Å². The van der Waals surface area contributed by atoms with E-state index in [1.807, 2.05) is 6.92 Å². The number of hydrogen-bond acceptors (Lipinski definition) is 4. The molecule has 1 aliphatic carbocycles. The molecule has 2 N–H and O–H groups in total. The molecule has 3 rings (SSSR count). The van der Waals surface area contributed by atoms with Crippen molar-refractivity contribution >= 4 is 17.2 Å². The lowest BCUT2D eigenvalue weighted by molar-refractivity contribution is -0.121. The number of nitrogens with one attached hydrogen (secondary N) is 1. The fourth-order valence-electron chi connectivity index (χ4n) is 2.99. The van der Waals surface area contributed by atoms with Crippen molar-refractivity contribution < 1.29 is 9.90 Å². The molecule has 5 heteroatoms. The molecule has 1 amide bonds. The molecule has 1 atom stereocenters. The van der Waals surface area contributed by atoms with Gasteiger partial charge in [0.2, 0.25) is 5.91 Å². The van der Waals surface area contributed by atoms with Crippen molar-refractivity contribution in [1.82, 2.24) is 10.3 Å². The second-order valence-corrected chi connectivity index (χ2v) is 7.86. The average molecular weight is 344 g/mol. The molecule has 1 aliphatic rings. The molecular weight excluding hydrogens is 320 g/mol. The highest BCUT2D eigenvalue weighted by Gasteiger charge is 2.32. The van der Waals surface area contributed by atoms with Crippen LogP contribution in [0.3, 0.4) is 0 Å². The summed E-state index contributed by atoms with van der Waals surface area (Å²) < 4.78 is 0. The van der Waals surface area contributed by atoms with Gasteiger partial charge in [0.25, 0.3) is 0 Å². The van der Waals surface area contributed by atoms with Gasteiger partial charge >= 0.3 is 0 Å². The van der Waals surface area contributed by atoms with Gasteiger partial charge in [0.1, 0.15) is 0 Å². The lowest BCUT2D eigenvalue weighted by atomic mass is 10.1. The van der Waals surface area contributed by atoms with Gasteiger partial charge in [-0.05, 0) is 39.0 Å². The minimum absolute atomic E-state index is 0.0253. The summed E-state index contributed by atoms with van der Waals surface area (Å²) in [5.41, 5.74) is 3.18. The molecule has 1 saturated carbocycles. The first-order valence-corrected chi connectivity index (χ1v) is 9.32. The molecule has 24 heavy (non-hydrogen) atoms. The molecule has 1 aromatic heterocycles. The number of aliphatic hydroxyl groups is 1. The van der Waals surface area contributed by atoms with E-state index in [0.29, 0.717) is 18.8 Å². The average Bonchev–Trinajstić information content (AvgIpc) is 3.32. The Kier molecular flexibility index (Phi) is 5.31. The van der Waals surface area contributed by atoms with Crippen LogP contribution >= 0.6 is 11.3 Å². The Labute approximate surface area is 146 Å². The number of aryl methyl sites for hydroxylation is 2. The van der Waals surface area contributed by atoms with E-state index in [9.17, 15) is 9.90 Å². The molecule has 0 radical (unpaired) electrons. The van der Waals surface area contributed by atoms with Crippen LogP contribution in [0.4, 0.5) is 0 Å². The van der Waals surface area contributed by atoms with Crippen LogP contribution in [0.1, 0.15) is 34.7 Å². The number of nitrogens with zero attached hydrogens (tertiary/aromatic N) is 1. The highest BCUT2D eigenvalue weighted by molar-refractivity contribution is 7.12. The summed E-state index contributed by atoms with van der Waals surface area (Å²) in [6, 6.07) is 8.36. The van der Waals surface area contributed by atoms with E-state index in [1.165, 1.54) is 5.56 Å². The van der Waals surface area contributed by atoms with Crippen molar-refractivity contribution in [1.29, 1.82) is 0 Å². The third kappa shape index (κ3) is 4.22. The standard InChI is InChI=1S/C19H24N2O2S/c1-12-3-5-15(6-4-12)19-17(24-13(2)20-19)11-18(23)21-16(9-10-22)14-7-8-14/h3-6,14,16,22H,7-11H2,1-2H3,(H,21,23). The summed E-state index contributed by atoms with van der Waals surface area (Å²) in [4.78, 5) is 18.1. The number of hydrogen-bond donors (Lipinski definition) is 2. The minimum atomic E-state index is 0.0253. The largest absolute Gasteiger partial charge is 0.396 e. The van der Waals surface area contributed by atoms with Crippen LogP contribution in [0.2, 0.25) is 0 Å². The topological polar surface area (TPSA) is 62.2 Å². The maximum Gasteiger partial charge on any atom is 0.225 e. The first-order valence-electron chi connectivity index (χ1n) is 8.50. The van der Waals surface area contributed by atoms with Gasteiger partial charge in [-0.1, -0.05) is 29.8 Å². The Hall–Kier alpha value is -1.72. The zero-order chi connectivity index (χ0) is 17.1. The first kappa shape index (κ1) is 17.1. The van der Waals surface area contributed by atoms with Gasteiger partial charge in [0.05, 0.1) is 17.1 Å². The Morgan fingerprint density at radius 1 is 1.33 bits per heavy atom. The van der Waals surface area contributed by atoms with Crippen molar-refractivity contribution in [3.8, 4) is 11.3 Å². The lowest BCUT2D eigenvalue weighted by Crippen LogP contribution is -2.38. The predicted molar refractivity (Wildman–Crippen MR) is 97.1 cm³/mol. The van der Waals surface area contributed by atoms with Crippen molar-refractivity contribution in [2.75, 3.05) is 6.61 Å². The van der Waals surface area contributed by atoms with Gasteiger partial charge in [-0.15, -0.1) is 11.3 Å². The third-order valence-corrected chi connectivity index (χ3v) is 5.40. The van der Waals surface area contributed by atoms with E-state index in [0.717, 1.165) is 34.0 Å². The molecule has 128 valence electrons. The van der Waals surface area contributed by atoms with Crippen LogP contribution < -0.4 is 5.32 Å². The SMILES string of the molecule is Cc1ccc(-c2nc(C)sc2CC(=O)NC(CCO)C2CC2)cc1. The Bertz CT molecular complexity index is 705. The first-order chi connectivity index (χ1) is 11.6. The Morgan fingerprint density at radius 3 is 2.67 bits per heavy atom. The van der Waals surface area contributed by atoms with Crippen LogP contribution in [-0.2, 0) is 11.2 Å². The Morgan fingerprint density at radius 2 is 2.04 bits per heavy atom. The maximum atomic E-state index is 12.5. The van der Waals surface area contributed by atoms with Crippen LogP contribution in [-0.4, -0.2) is 28.6 Å². The van der Waals surface area contributed by atoms with E-state index in [2.05, 4.69) is 41.5 Å². The highest BCUT2D eigenvalue weighted by atomic mass is 32.1. The second-order valence-electron chi connectivity index (χ2n) is 6.57. The summed E-state index contributed by atoms with van der Waals surface area (Å²) in [7, 11) is 0. The van der Waals surface area contributed by atoms with E-state index >= 15 is 0 Å². The molecule has 1 aromatic carbocycles. The van der Waals surface area contributed by atoms with Gasteiger partial charge in [0, 0.05) is 23.1 Å². The summed E-state index contributed by atoms with van der Waals surface area (Å²) in [6.45, 7) is 4.15. The van der Waals surface area contributed by atoms with Crippen molar-refractivity contribution in [2.45, 2.75) is 45.6 Å². The number of carbonyl (C=O) groups excluding carboxylic acids is 1. The number of benzene rings is 1. The normalized spacial score (nSPS) is 15.3. The number of aromatic nitrogens is 1. The van der Waals surface area contributed by atoms with Crippen LogP contribution in [0.15, 0.2) is 24.3 Å². The summed E-state index contributed by atoms with van der Waals surface area (Å²) in [6.07, 6.45) is 3.30. The number of amides is 1. The molecule has 4 nitrogen and oxygen atoms in total. The second kappa shape index (κ2) is 7.45. The van der Waals surface area contributed by atoms with Gasteiger partial charge in [-0.3, -0.25) is 4.79 Å². The predicted octanol–water partition coefficient (Wildman–Crippen LogP) is 3.25. The molecule has 0 spiro atoms. The summed E-state index contributed by atoms with van der Waals surface area (Å²) >= 11 is 1.58. The van der Waals surface area contributed by atoms with Crippen molar-refractivity contribution in [3.05, 3.63) is 39.7 Å². The molecule has 0 saturated heterocycles.